The minimum Gasteiger partial charge on any atom is -0.380 e. The quantitative estimate of drug-likeness (QED) is 0.876. The monoisotopic (exact) mass is 300 g/mol. The van der Waals surface area contributed by atoms with Crippen LogP contribution < -0.4 is 11.1 Å². The van der Waals surface area contributed by atoms with Crippen LogP contribution in [0.1, 0.15) is 31.9 Å². The first-order valence-corrected chi connectivity index (χ1v) is 6.44. The van der Waals surface area contributed by atoms with Crippen molar-refractivity contribution in [3.05, 3.63) is 35.4 Å². The highest BCUT2D eigenvalue weighted by Crippen LogP contribution is 2.17. The number of carbonyl (C=O) groups is 1. The Labute approximate surface area is 127 Å². The number of nitrogens with two attached hydrogens (primary N) is 1. The summed E-state index contributed by atoms with van der Waals surface area (Å²) in [6.45, 7) is 6.92. The Morgan fingerprint density at radius 2 is 1.95 bits per heavy atom. The molecule has 3 N–H and O–H groups in total. The number of hydrogen-bond acceptors (Lipinski definition) is 3. The molecule has 0 aromatic heterocycles. The fourth-order valence-corrected chi connectivity index (χ4v) is 1.69. The van der Waals surface area contributed by atoms with E-state index in [4.69, 9.17) is 10.5 Å². The zero-order valence-corrected chi connectivity index (χ0v) is 13.4. The summed E-state index contributed by atoms with van der Waals surface area (Å²) < 4.78 is 5.08. The average molecular weight is 301 g/mol. The summed E-state index contributed by atoms with van der Waals surface area (Å²) in [5, 5.41) is 2.87. The number of rotatable bonds is 5. The van der Waals surface area contributed by atoms with Gasteiger partial charge in [0, 0.05) is 13.7 Å². The molecule has 0 heterocycles. The van der Waals surface area contributed by atoms with Gasteiger partial charge in [-0.3, -0.25) is 4.79 Å². The summed E-state index contributed by atoms with van der Waals surface area (Å²) in [6, 6.07) is 7.44. The molecule has 0 aliphatic carbocycles. The lowest BCUT2D eigenvalue weighted by molar-refractivity contribution is -0.124. The van der Waals surface area contributed by atoms with E-state index in [1.165, 1.54) is 0 Å². The first-order valence-electron chi connectivity index (χ1n) is 6.44. The molecule has 0 radical (unpaired) electrons. The first-order chi connectivity index (χ1) is 8.84. The van der Waals surface area contributed by atoms with Crippen molar-refractivity contribution < 1.29 is 9.53 Å². The van der Waals surface area contributed by atoms with Crippen molar-refractivity contribution in [2.75, 3.05) is 7.11 Å². The third kappa shape index (κ3) is 5.90. The molecule has 0 saturated carbocycles. The molecule has 0 saturated heterocycles. The zero-order valence-electron chi connectivity index (χ0n) is 12.6. The lowest BCUT2D eigenvalue weighted by Crippen LogP contribution is -2.48. The van der Waals surface area contributed by atoms with Gasteiger partial charge in [-0.1, -0.05) is 45.0 Å². The molecule has 0 spiro atoms. The van der Waals surface area contributed by atoms with E-state index in [1.54, 1.807) is 7.11 Å². The Hall–Kier alpha value is -1.10. The largest absolute Gasteiger partial charge is 0.380 e. The second kappa shape index (κ2) is 8.25. The minimum atomic E-state index is -0.505. The van der Waals surface area contributed by atoms with Crippen molar-refractivity contribution in [3.8, 4) is 0 Å². The summed E-state index contributed by atoms with van der Waals surface area (Å²) >= 11 is 0. The lowest BCUT2D eigenvalue weighted by Gasteiger charge is -2.25. The van der Waals surface area contributed by atoms with Gasteiger partial charge in [0.2, 0.25) is 5.91 Å². The second-order valence-electron chi connectivity index (χ2n) is 5.81. The van der Waals surface area contributed by atoms with Crippen molar-refractivity contribution in [2.45, 2.75) is 40.0 Å². The van der Waals surface area contributed by atoms with Crippen LogP contribution >= 0.6 is 12.4 Å². The van der Waals surface area contributed by atoms with E-state index < -0.39 is 6.04 Å². The highest BCUT2D eigenvalue weighted by molar-refractivity contribution is 5.85. The van der Waals surface area contributed by atoms with Crippen molar-refractivity contribution in [1.29, 1.82) is 0 Å². The van der Waals surface area contributed by atoms with Gasteiger partial charge in [0.15, 0.2) is 0 Å². The molecule has 0 unspecified atom stereocenters. The molecular weight excluding hydrogens is 276 g/mol. The van der Waals surface area contributed by atoms with E-state index in [9.17, 15) is 4.79 Å². The third-order valence-electron chi connectivity index (χ3n) is 2.98. The van der Waals surface area contributed by atoms with E-state index in [0.717, 1.165) is 11.1 Å². The Bertz CT molecular complexity index is 430. The van der Waals surface area contributed by atoms with Crippen LogP contribution in [0.5, 0.6) is 0 Å². The van der Waals surface area contributed by atoms with Gasteiger partial charge in [-0.15, -0.1) is 12.4 Å². The van der Waals surface area contributed by atoms with Crippen molar-refractivity contribution in [2.24, 2.45) is 11.1 Å². The van der Waals surface area contributed by atoms with E-state index in [0.29, 0.717) is 13.2 Å². The Morgan fingerprint density at radius 3 is 2.50 bits per heavy atom. The first kappa shape index (κ1) is 18.9. The molecule has 0 aliphatic rings. The molecule has 20 heavy (non-hydrogen) atoms. The summed E-state index contributed by atoms with van der Waals surface area (Å²) in [5.41, 5.74) is 7.81. The smallest absolute Gasteiger partial charge is 0.237 e. The molecule has 0 aliphatic heterocycles. The minimum absolute atomic E-state index is 0. The number of ether oxygens (including phenoxy) is 1. The summed E-state index contributed by atoms with van der Waals surface area (Å²) in [4.78, 5) is 11.9. The van der Waals surface area contributed by atoms with Crippen LogP contribution in [0.25, 0.3) is 0 Å². The Morgan fingerprint density at radius 1 is 1.35 bits per heavy atom. The fraction of sp³-hybridized carbons (Fsp3) is 0.533. The number of hydrogen-bond donors (Lipinski definition) is 2. The summed E-state index contributed by atoms with van der Waals surface area (Å²) in [5.74, 6) is -0.121. The van der Waals surface area contributed by atoms with Gasteiger partial charge < -0.3 is 15.8 Å². The van der Waals surface area contributed by atoms with Crippen LogP contribution in [-0.4, -0.2) is 19.1 Å². The van der Waals surface area contributed by atoms with E-state index in [2.05, 4.69) is 5.32 Å². The number of halogens is 1. The van der Waals surface area contributed by atoms with Gasteiger partial charge in [0.1, 0.15) is 0 Å². The van der Waals surface area contributed by atoms with Gasteiger partial charge in [-0.05, 0) is 16.5 Å². The van der Waals surface area contributed by atoms with Crippen LogP contribution in [0.4, 0.5) is 0 Å². The molecule has 0 fully saturated rings. The predicted octanol–water partition coefficient (Wildman–Crippen LogP) is 2.24. The Kier molecular flexibility index (Phi) is 7.79. The van der Waals surface area contributed by atoms with Crippen LogP contribution in [0, 0.1) is 5.41 Å². The lowest BCUT2D eigenvalue weighted by atomic mass is 9.87. The van der Waals surface area contributed by atoms with Crippen molar-refractivity contribution in [3.63, 3.8) is 0 Å². The third-order valence-corrected chi connectivity index (χ3v) is 2.98. The molecule has 0 bridgehead atoms. The van der Waals surface area contributed by atoms with Crippen molar-refractivity contribution >= 4 is 18.3 Å². The topological polar surface area (TPSA) is 64.3 Å². The van der Waals surface area contributed by atoms with Gasteiger partial charge in [-0.2, -0.15) is 0 Å². The van der Waals surface area contributed by atoms with Crippen LogP contribution in [0.15, 0.2) is 24.3 Å². The average Bonchev–Trinajstić information content (AvgIpc) is 2.35. The normalized spacial score (nSPS) is 12.4. The highest BCUT2D eigenvalue weighted by atomic mass is 35.5. The van der Waals surface area contributed by atoms with Crippen LogP contribution in [-0.2, 0) is 22.7 Å². The van der Waals surface area contributed by atoms with Crippen LogP contribution in [0.3, 0.4) is 0 Å². The second-order valence-corrected chi connectivity index (χ2v) is 5.81. The number of methoxy groups -OCH3 is 1. The number of amides is 1. The van der Waals surface area contributed by atoms with Crippen molar-refractivity contribution in [1.82, 2.24) is 5.32 Å². The summed E-state index contributed by atoms with van der Waals surface area (Å²) in [7, 11) is 1.66. The maximum Gasteiger partial charge on any atom is 0.237 e. The van der Waals surface area contributed by atoms with E-state index in [1.807, 2.05) is 45.0 Å². The fourth-order valence-electron chi connectivity index (χ4n) is 1.69. The van der Waals surface area contributed by atoms with E-state index in [-0.39, 0.29) is 23.7 Å². The standard InChI is InChI=1S/C15H24N2O2.ClH/c1-15(2,3)13(16)14(18)17-9-11-6-5-7-12(8-11)10-19-4;/h5-8,13H,9-10,16H2,1-4H3,(H,17,18);1H/t13-;/m1./s1. The highest BCUT2D eigenvalue weighted by Gasteiger charge is 2.26. The van der Waals surface area contributed by atoms with Gasteiger partial charge in [0.25, 0.3) is 0 Å². The number of nitrogens with one attached hydrogen (secondary N) is 1. The molecule has 1 aromatic rings. The van der Waals surface area contributed by atoms with Gasteiger partial charge in [0.05, 0.1) is 12.6 Å². The predicted molar refractivity (Wildman–Crippen MR) is 83.7 cm³/mol. The molecule has 1 amide bonds. The molecule has 4 nitrogen and oxygen atoms in total. The maximum absolute atomic E-state index is 11.9. The molecule has 114 valence electrons. The zero-order chi connectivity index (χ0) is 14.5. The maximum atomic E-state index is 11.9. The van der Waals surface area contributed by atoms with Crippen LogP contribution in [0.2, 0.25) is 0 Å². The SMILES string of the molecule is COCc1cccc(CNC(=O)[C@@H](N)C(C)(C)C)c1.Cl. The molecular formula is C15H25ClN2O2. The number of benzene rings is 1. The molecule has 5 heteroatoms. The molecule has 1 aromatic carbocycles. The van der Waals surface area contributed by atoms with E-state index >= 15 is 0 Å². The molecule has 1 atom stereocenters. The Balaban J connectivity index is 0.00000361. The van der Waals surface area contributed by atoms with Gasteiger partial charge >= 0.3 is 0 Å². The van der Waals surface area contributed by atoms with Gasteiger partial charge in [-0.25, -0.2) is 0 Å². The number of carbonyl (C=O) groups excluding carboxylic acids is 1. The summed E-state index contributed by atoms with van der Waals surface area (Å²) in [6.07, 6.45) is 0. The molecule has 1 rings (SSSR count).